The number of carbonyl (C=O) groups is 1. The number of nitrogens with zero attached hydrogens (tertiary/aromatic N) is 2. The number of carbonyl (C=O) groups excluding carboxylic acids is 1. The molecule has 0 aromatic heterocycles. The average Bonchev–Trinajstić information content (AvgIpc) is 2.80. The van der Waals surface area contributed by atoms with Crippen molar-refractivity contribution in [2.45, 2.75) is 39.3 Å². The highest BCUT2D eigenvalue weighted by molar-refractivity contribution is 7.78. The molecular formula is C17H21N3OS. The third kappa shape index (κ3) is 2.03. The summed E-state index contributed by atoms with van der Waals surface area (Å²) in [6.07, 6.45) is 1.63. The van der Waals surface area contributed by atoms with E-state index in [2.05, 4.69) is 26.0 Å². The van der Waals surface area contributed by atoms with Gasteiger partial charge < -0.3 is 10.6 Å². The van der Waals surface area contributed by atoms with Crippen molar-refractivity contribution in [2.24, 2.45) is 0 Å². The Hall–Kier alpha value is -1.88. The predicted molar refractivity (Wildman–Crippen MR) is 92.3 cm³/mol. The van der Waals surface area contributed by atoms with Gasteiger partial charge in [-0.15, -0.1) is 0 Å². The van der Waals surface area contributed by atoms with Crippen molar-refractivity contribution in [2.75, 3.05) is 5.73 Å². The number of thiol groups is 1. The highest BCUT2D eigenvalue weighted by Crippen LogP contribution is 2.38. The number of piperidine rings is 1. The van der Waals surface area contributed by atoms with Crippen LogP contribution < -0.4 is 5.73 Å². The second-order valence-electron chi connectivity index (χ2n) is 6.12. The largest absolute Gasteiger partial charge is 0.398 e. The molecule has 0 saturated carbocycles. The molecule has 1 unspecified atom stereocenters. The Balaban J connectivity index is 1.96. The molecular weight excluding hydrogens is 294 g/mol. The second-order valence-corrected chi connectivity index (χ2v) is 6.52. The van der Waals surface area contributed by atoms with Gasteiger partial charge in [-0.1, -0.05) is 26.0 Å². The zero-order valence-electron chi connectivity index (χ0n) is 13.0. The zero-order valence-corrected chi connectivity index (χ0v) is 13.9. The van der Waals surface area contributed by atoms with Gasteiger partial charge in [0.15, 0.2) is 0 Å². The molecule has 2 heterocycles. The molecule has 1 aromatic carbocycles. The fourth-order valence-corrected chi connectivity index (χ4v) is 3.49. The second kappa shape index (κ2) is 5.09. The van der Waals surface area contributed by atoms with Gasteiger partial charge in [0.1, 0.15) is 0 Å². The van der Waals surface area contributed by atoms with Crippen LogP contribution in [-0.4, -0.2) is 21.2 Å². The molecule has 5 heteroatoms. The summed E-state index contributed by atoms with van der Waals surface area (Å²) >= 11 is 4.42. The highest BCUT2D eigenvalue weighted by Gasteiger charge is 2.38. The molecule has 1 saturated heterocycles. The SMILES string of the molecule is C=C1CCC(N2Cc3c(cc(C)c(C)c3N)C2=O)C(=C)N1S. The quantitative estimate of drug-likeness (QED) is 0.618. The van der Waals surface area contributed by atoms with Crippen LogP contribution in [0.25, 0.3) is 0 Å². The van der Waals surface area contributed by atoms with Crippen LogP contribution in [0.1, 0.15) is 39.9 Å². The maximum absolute atomic E-state index is 12.8. The first-order valence-corrected chi connectivity index (χ1v) is 7.78. The van der Waals surface area contributed by atoms with Crippen molar-refractivity contribution < 1.29 is 4.79 Å². The van der Waals surface area contributed by atoms with Crippen LogP contribution in [0.15, 0.2) is 30.6 Å². The predicted octanol–water partition coefficient (Wildman–Crippen LogP) is 3.18. The Bertz CT molecular complexity index is 710. The first-order valence-electron chi connectivity index (χ1n) is 7.38. The Kier molecular flexibility index (Phi) is 3.48. The van der Waals surface area contributed by atoms with Crippen LogP contribution in [0.4, 0.5) is 5.69 Å². The number of nitrogens with two attached hydrogens (primary N) is 1. The van der Waals surface area contributed by atoms with Crippen LogP contribution in [0.2, 0.25) is 0 Å². The number of fused-ring (bicyclic) bond motifs is 1. The van der Waals surface area contributed by atoms with E-state index in [1.807, 2.05) is 24.8 Å². The van der Waals surface area contributed by atoms with E-state index >= 15 is 0 Å². The lowest BCUT2D eigenvalue weighted by molar-refractivity contribution is 0.0701. The number of benzene rings is 1. The van der Waals surface area contributed by atoms with E-state index in [4.69, 9.17) is 5.73 Å². The van der Waals surface area contributed by atoms with Gasteiger partial charge in [-0.05, 0) is 43.9 Å². The highest BCUT2D eigenvalue weighted by atomic mass is 32.1. The summed E-state index contributed by atoms with van der Waals surface area (Å²) in [4.78, 5) is 14.7. The van der Waals surface area contributed by atoms with Gasteiger partial charge in [0, 0.05) is 34.8 Å². The molecule has 22 heavy (non-hydrogen) atoms. The van der Waals surface area contributed by atoms with E-state index in [1.165, 1.54) is 0 Å². The van der Waals surface area contributed by atoms with Gasteiger partial charge in [0.05, 0.1) is 6.04 Å². The van der Waals surface area contributed by atoms with Crippen molar-refractivity contribution in [3.05, 3.63) is 52.9 Å². The summed E-state index contributed by atoms with van der Waals surface area (Å²) in [6.45, 7) is 12.6. The lowest BCUT2D eigenvalue weighted by Gasteiger charge is -2.38. The number of nitrogen functional groups attached to an aromatic ring is 1. The Morgan fingerprint density at radius 3 is 2.73 bits per heavy atom. The zero-order chi connectivity index (χ0) is 16.2. The van der Waals surface area contributed by atoms with Crippen LogP contribution in [-0.2, 0) is 6.54 Å². The van der Waals surface area contributed by atoms with E-state index in [9.17, 15) is 4.79 Å². The van der Waals surface area contributed by atoms with Crippen molar-refractivity contribution in [1.82, 2.24) is 9.21 Å². The summed E-state index contributed by atoms with van der Waals surface area (Å²) < 4.78 is 1.70. The fraction of sp³-hybridized carbons (Fsp3) is 0.353. The normalized spacial score (nSPS) is 21.6. The van der Waals surface area contributed by atoms with Crippen molar-refractivity contribution in [1.29, 1.82) is 0 Å². The number of hydrogen-bond acceptors (Lipinski definition) is 4. The molecule has 2 N–H and O–H groups in total. The van der Waals surface area contributed by atoms with Gasteiger partial charge in [-0.3, -0.25) is 9.10 Å². The van der Waals surface area contributed by atoms with Crippen LogP contribution in [0.3, 0.4) is 0 Å². The number of amides is 1. The average molecular weight is 315 g/mol. The number of anilines is 1. The van der Waals surface area contributed by atoms with Gasteiger partial charge in [-0.25, -0.2) is 0 Å². The number of rotatable bonds is 1. The van der Waals surface area contributed by atoms with Crippen molar-refractivity contribution in [3.8, 4) is 0 Å². The molecule has 0 spiro atoms. The number of hydrogen-bond donors (Lipinski definition) is 2. The van der Waals surface area contributed by atoms with Crippen LogP contribution in [0.5, 0.6) is 0 Å². The molecule has 1 amide bonds. The molecule has 1 atom stereocenters. The smallest absolute Gasteiger partial charge is 0.255 e. The standard InChI is InChI=1S/C17H21N3OS/c1-9-7-13-14(16(18)11(9)3)8-19(17(13)21)15-6-5-10(2)20(22)12(15)4/h7,15,22H,2,4-6,8,18H2,1,3H3. The van der Waals surface area contributed by atoms with Crippen LogP contribution >= 0.6 is 12.8 Å². The third-order valence-corrected chi connectivity index (χ3v) is 5.40. The third-order valence-electron chi connectivity index (χ3n) is 4.87. The number of aryl methyl sites for hydroxylation is 1. The monoisotopic (exact) mass is 315 g/mol. The van der Waals surface area contributed by atoms with E-state index < -0.39 is 0 Å². The van der Waals surface area contributed by atoms with Gasteiger partial charge in [0.2, 0.25) is 0 Å². The summed E-state index contributed by atoms with van der Waals surface area (Å²) in [7, 11) is 0. The van der Waals surface area contributed by atoms with E-state index in [1.54, 1.807) is 4.31 Å². The summed E-state index contributed by atoms with van der Waals surface area (Å²) in [5.74, 6) is 0.0326. The first-order chi connectivity index (χ1) is 10.3. The molecule has 3 rings (SSSR count). The summed E-state index contributed by atoms with van der Waals surface area (Å²) in [6, 6.07) is 1.90. The molecule has 2 aliphatic rings. The number of allylic oxidation sites excluding steroid dienone is 1. The van der Waals surface area contributed by atoms with E-state index in [0.29, 0.717) is 6.54 Å². The molecule has 1 aromatic rings. The topological polar surface area (TPSA) is 49.6 Å². The Morgan fingerprint density at radius 2 is 2.05 bits per heavy atom. The maximum atomic E-state index is 12.8. The minimum atomic E-state index is -0.0529. The molecule has 1 fully saturated rings. The minimum absolute atomic E-state index is 0.0326. The summed E-state index contributed by atoms with van der Waals surface area (Å²) in [5.41, 5.74) is 12.5. The van der Waals surface area contributed by atoms with Crippen molar-refractivity contribution >= 4 is 24.4 Å². The molecule has 4 nitrogen and oxygen atoms in total. The minimum Gasteiger partial charge on any atom is -0.398 e. The molecule has 0 radical (unpaired) electrons. The molecule has 116 valence electrons. The lowest BCUT2D eigenvalue weighted by Crippen LogP contribution is -2.42. The van der Waals surface area contributed by atoms with Gasteiger partial charge >= 0.3 is 0 Å². The molecule has 2 aliphatic heterocycles. The van der Waals surface area contributed by atoms with Gasteiger partial charge in [-0.2, -0.15) is 0 Å². The lowest BCUT2D eigenvalue weighted by atomic mass is 9.99. The van der Waals surface area contributed by atoms with Crippen LogP contribution in [0, 0.1) is 13.8 Å². The maximum Gasteiger partial charge on any atom is 0.255 e. The van der Waals surface area contributed by atoms with E-state index in [-0.39, 0.29) is 11.9 Å². The molecule has 0 aliphatic carbocycles. The van der Waals surface area contributed by atoms with Crippen molar-refractivity contribution in [3.63, 3.8) is 0 Å². The Morgan fingerprint density at radius 1 is 1.36 bits per heavy atom. The first kappa shape index (κ1) is 15.0. The van der Waals surface area contributed by atoms with Gasteiger partial charge in [0.25, 0.3) is 5.91 Å². The Labute approximate surface area is 136 Å². The van der Waals surface area contributed by atoms with E-state index in [0.717, 1.165) is 52.2 Å². The fourth-order valence-electron chi connectivity index (χ4n) is 3.26. The molecule has 0 bridgehead atoms. The summed E-state index contributed by atoms with van der Waals surface area (Å²) in [5, 5.41) is 0.